The van der Waals surface area contributed by atoms with Crippen LogP contribution in [0, 0.1) is 24.7 Å². The molecule has 0 spiro atoms. The molecular formula is C30H23NO7. The molecule has 0 unspecified atom stereocenters. The van der Waals surface area contributed by atoms with Crippen LogP contribution in [0.2, 0.25) is 0 Å². The number of carbonyl (C=O) groups excluding carboxylic acids is 3. The maximum atomic E-state index is 14.0. The number of methoxy groups -OCH3 is 1. The quantitative estimate of drug-likeness (QED) is 0.296. The van der Waals surface area contributed by atoms with Gasteiger partial charge in [0.05, 0.1) is 30.6 Å². The van der Waals surface area contributed by atoms with Gasteiger partial charge in [0.2, 0.25) is 18.6 Å². The predicted octanol–water partition coefficient (Wildman–Crippen LogP) is 4.25. The van der Waals surface area contributed by atoms with Crippen molar-refractivity contribution in [1.82, 2.24) is 0 Å². The van der Waals surface area contributed by atoms with Gasteiger partial charge in [-0.1, -0.05) is 24.3 Å². The third kappa shape index (κ3) is 3.19. The number of imide groups is 1. The largest absolute Gasteiger partial charge is 0.497 e. The van der Waals surface area contributed by atoms with Crippen molar-refractivity contribution in [3.63, 3.8) is 0 Å². The van der Waals surface area contributed by atoms with Gasteiger partial charge < -0.3 is 18.9 Å². The first-order chi connectivity index (χ1) is 18.4. The number of allylic oxidation sites excluding steroid dienone is 1. The van der Waals surface area contributed by atoms with Gasteiger partial charge in [0.15, 0.2) is 11.5 Å². The Morgan fingerprint density at radius 2 is 1.61 bits per heavy atom. The number of hydrogen-bond donors (Lipinski definition) is 0. The van der Waals surface area contributed by atoms with Crippen molar-refractivity contribution in [1.29, 1.82) is 0 Å². The summed E-state index contributed by atoms with van der Waals surface area (Å²) in [6.07, 6.45) is 1.96. The van der Waals surface area contributed by atoms with E-state index in [9.17, 15) is 14.4 Å². The van der Waals surface area contributed by atoms with E-state index in [4.69, 9.17) is 18.9 Å². The molecule has 1 aliphatic carbocycles. The van der Waals surface area contributed by atoms with Crippen molar-refractivity contribution in [2.45, 2.75) is 12.8 Å². The first kappa shape index (κ1) is 22.6. The first-order valence-electron chi connectivity index (χ1n) is 12.4. The minimum Gasteiger partial charge on any atom is -0.497 e. The number of esters is 1. The van der Waals surface area contributed by atoms with Crippen molar-refractivity contribution in [3.8, 4) is 23.0 Å². The molecule has 1 saturated heterocycles. The van der Waals surface area contributed by atoms with E-state index in [1.54, 1.807) is 31.4 Å². The van der Waals surface area contributed by atoms with Crippen LogP contribution in [0.25, 0.3) is 5.57 Å². The summed E-state index contributed by atoms with van der Waals surface area (Å²) in [6.45, 7) is 2.05. The average molecular weight is 510 g/mol. The Morgan fingerprint density at radius 3 is 2.39 bits per heavy atom. The van der Waals surface area contributed by atoms with E-state index in [1.807, 2.05) is 49.4 Å². The molecular weight excluding hydrogens is 486 g/mol. The molecule has 4 aliphatic rings. The zero-order valence-corrected chi connectivity index (χ0v) is 20.7. The van der Waals surface area contributed by atoms with Gasteiger partial charge in [-0.3, -0.25) is 14.4 Å². The molecule has 8 nitrogen and oxygen atoms in total. The number of rotatable bonds is 3. The topological polar surface area (TPSA) is 91.4 Å². The van der Waals surface area contributed by atoms with Crippen molar-refractivity contribution in [2.75, 3.05) is 18.8 Å². The number of ether oxygens (including phenoxy) is 4. The number of hydrogen-bond acceptors (Lipinski definition) is 7. The second kappa shape index (κ2) is 8.21. The van der Waals surface area contributed by atoms with Crippen molar-refractivity contribution in [2.24, 2.45) is 17.8 Å². The lowest BCUT2D eigenvalue weighted by molar-refractivity contribution is -0.142. The second-order valence-electron chi connectivity index (χ2n) is 9.92. The van der Waals surface area contributed by atoms with Crippen molar-refractivity contribution in [3.05, 3.63) is 83.4 Å². The fourth-order valence-corrected chi connectivity index (χ4v) is 6.10. The summed E-state index contributed by atoms with van der Waals surface area (Å²) in [7, 11) is 1.55. The maximum absolute atomic E-state index is 14.0. The molecule has 3 heterocycles. The first-order valence-corrected chi connectivity index (χ1v) is 12.4. The summed E-state index contributed by atoms with van der Waals surface area (Å²) in [5.41, 5.74) is 3.65. The highest BCUT2D eigenvalue weighted by Crippen LogP contribution is 2.55. The van der Waals surface area contributed by atoms with E-state index in [1.165, 1.54) is 4.90 Å². The molecule has 0 bridgehead atoms. The van der Waals surface area contributed by atoms with Gasteiger partial charge >= 0.3 is 5.97 Å². The molecule has 38 heavy (non-hydrogen) atoms. The van der Waals surface area contributed by atoms with Gasteiger partial charge in [0.1, 0.15) is 11.5 Å². The lowest BCUT2D eigenvalue weighted by atomic mass is 9.64. The van der Waals surface area contributed by atoms with E-state index in [-0.39, 0.29) is 12.7 Å². The molecule has 3 aliphatic heterocycles. The molecule has 3 aromatic carbocycles. The van der Waals surface area contributed by atoms with E-state index >= 15 is 0 Å². The Hall–Kier alpha value is -4.59. The van der Waals surface area contributed by atoms with Crippen LogP contribution >= 0.6 is 0 Å². The summed E-state index contributed by atoms with van der Waals surface area (Å²) in [5, 5.41) is 0. The summed E-state index contributed by atoms with van der Waals surface area (Å²) < 4.78 is 22.1. The lowest BCUT2D eigenvalue weighted by Gasteiger charge is -2.38. The van der Waals surface area contributed by atoms with Crippen LogP contribution in [0.3, 0.4) is 0 Å². The second-order valence-corrected chi connectivity index (χ2v) is 9.92. The van der Waals surface area contributed by atoms with Gasteiger partial charge in [0.25, 0.3) is 0 Å². The minimum absolute atomic E-state index is 0.125. The van der Waals surface area contributed by atoms with Gasteiger partial charge in [-0.05, 0) is 66.1 Å². The van der Waals surface area contributed by atoms with E-state index in [0.717, 1.165) is 16.7 Å². The number of nitrogens with zero attached hydrogens (tertiary/aromatic N) is 1. The molecule has 0 N–H and O–H groups in total. The molecule has 8 heteroatoms. The number of anilines is 1. The van der Waals surface area contributed by atoms with Gasteiger partial charge in [-0.15, -0.1) is 0 Å². The molecule has 0 aromatic heterocycles. The number of carbonyl (C=O) groups is 3. The van der Waals surface area contributed by atoms with Crippen molar-refractivity contribution >= 4 is 29.0 Å². The lowest BCUT2D eigenvalue weighted by Crippen LogP contribution is -2.42. The third-order valence-corrected chi connectivity index (χ3v) is 7.86. The predicted molar refractivity (Wildman–Crippen MR) is 136 cm³/mol. The summed E-state index contributed by atoms with van der Waals surface area (Å²) in [6, 6.07) is 18.0. The smallest absolute Gasteiger partial charge is 0.319 e. The fraction of sp³-hybridized carbons (Fsp3) is 0.233. The van der Waals surface area contributed by atoms with Crippen LogP contribution in [0.1, 0.15) is 22.6 Å². The van der Waals surface area contributed by atoms with Crippen LogP contribution in [0.15, 0.2) is 66.7 Å². The summed E-state index contributed by atoms with van der Waals surface area (Å²) >= 11 is 0. The van der Waals surface area contributed by atoms with E-state index < -0.39 is 35.5 Å². The van der Waals surface area contributed by atoms with Gasteiger partial charge in [-0.2, -0.15) is 0 Å². The Balaban J connectivity index is 1.40. The zero-order chi connectivity index (χ0) is 26.1. The highest BCUT2D eigenvalue weighted by atomic mass is 16.7. The molecule has 4 atom stereocenters. The van der Waals surface area contributed by atoms with Crippen LogP contribution in [-0.2, 0) is 14.4 Å². The Morgan fingerprint density at radius 1 is 0.842 bits per heavy atom. The molecule has 1 fully saturated rings. The number of benzene rings is 3. The monoisotopic (exact) mass is 509 g/mol. The van der Waals surface area contributed by atoms with Crippen molar-refractivity contribution < 1.29 is 33.3 Å². The van der Waals surface area contributed by atoms with Gasteiger partial charge in [-0.25, -0.2) is 4.90 Å². The summed E-state index contributed by atoms with van der Waals surface area (Å²) in [5.74, 6) is -2.08. The minimum atomic E-state index is -0.915. The highest BCUT2D eigenvalue weighted by Gasteiger charge is 2.60. The Labute approximate surface area is 218 Å². The van der Waals surface area contributed by atoms with Crippen LogP contribution in [0.4, 0.5) is 5.69 Å². The highest BCUT2D eigenvalue weighted by molar-refractivity contribution is 6.24. The van der Waals surface area contributed by atoms with Gasteiger partial charge in [0, 0.05) is 11.5 Å². The molecule has 2 amide bonds. The Bertz CT molecular complexity index is 1560. The van der Waals surface area contributed by atoms with E-state index in [0.29, 0.717) is 34.3 Å². The maximum Gasteiger partial charge on any atom is 0.319 e. The molecule has 190 valence electrons. The molecule has 0 saturated carbocycles. The third-order valence-electron chi connectivity index (χ3n) is 7.86. The normalized spacial score (nSPS) is 24.8. The molecule has 7 rings (SSSR count). The molecule has 3 aromatic rings. The number of fused-ring (bicyclic) bond motifs is 6. The Kier molecular flexibility index (Phi) is 4.88. The van der Waals surface area contributed by atoms with Crippen LogP contribution in [-0.4, -0.2) is 31.7 Å². The molecule has 0 radical (unpaired) electrons. The van der Waals surface area contributed by atoms with Crippen LogP contribution < -0.4 is 23.8 Å². The zero-order valence-electron chi connectivity index (χ0n) is 20.7. The van der Waals surface area contributed by atoms with E-state index in [2.05, 4.69) is 0 Å². The number of aryl methyl sites for hydroxylation is 1. The SMILES string of the molecule is COc1ccc(N2C(=O)[C@@H]3[C@@H]4C(=O)Oc5cc(C)ccc5C4=C[C@@H](c4ccc5c(c4)OCO5)[C@H]3C2=O)cc1. The number of amides is 2. The van der Waals surface area contributed by atoms with Crippen LogP contribution in [0.5, 0.6) is 23.0 Å². The summed E-state index contributed by atoms with van der Waals surface area (Å²) in [4.78, 5) is 42.7. The standard InChI is InChI=1S/C30H23NO7/c1-15-3-9-19-21-13-20(16-4-10-22-24(12-16)37-14-36-22)25-27(26(21)30(34)38-23(19)11-15)29(33)31(28(25)32)17-5-7-18(35-2)8-6-17/h3-13,20,25-27H,14H2,1-2H3/t20-,25+,26+,27-/m0/s1. The average Bonchev–Trinajstić information content (AvgIpc) is 3.50. The fourth-order valence-electron chi connectivity index (χ4n) is 6.10.